The van der Waals surface area contributed by atoms with E-state index in [9.17, 15) is 0 Å². The number of unbranched alkanes of at least 4 members (excludes halogenated alkanes) is 4. The predicted octanol–water partition coefficient (Wildman–Crippen LogP) is 4.82. The Hall–Kier alpha value is -0.920. The molecule has 0 aromatic carbocycles. The molecule has 2 rings (SSSR count). The van der Waals surface area contributed by atoms with Gasteiger partial charge in [0.2, 0.25) is 0 Å². The summed E-state index contributed by atoms with van der Waals surface area (Å²) in [5.41, 5.74) is 4.19. The van der Waals surface area contributed by atoms with E-state index in [2.05, 4.69) is 23.8 Å². The van der Waals surface area contributed by atoms with Crippen LogP contribution in [0.4, 0.5) is 0 Å². The largest absolute Gasteiger partial charge is 0.241 e. The third kappa shape index (κ3) is 3.77. The lowest BCUT2D eigenvalue weighted by molar-refractivity contribution is 0.523. The second-order valence-electron chi connectivity index (χ2n) is 5.85. The average molecular weight is 260 g/mol. The molecule has 2 heteroatoms. The van der Waals surface area contributed by atoms with Crippen LogP contribution in [0.15, 0.2) is 6.33 Å². The summed E-state index contributed by atoms with van der Waals surface area (Å²) in [5, 5.41) is 0. The van der Waals surface area contributed by atoms with Crippen molar-refractivity contribution in [2.45, 2.75) is 84.0 Å². The van der Waals surface area contributed by atoms with Crippen molar-refractivity contribution >= 4 is 0 Å². The fraction of sp³-hybridized carbons (Fsp3) is 0.765. The van der Waals surface area contributed by atoms with Crippen molar-refractivity contribution in [1.29, 1.82) is 0 Å². The highest BCUT2D eigenvalue weighted by atomic mass is 14.9. The summed E-state index contributed by atoms with van der Waals surface area (Å²) >= 11 is 0. The van der Waals surface area contributed by atoms with Gasteiger partial charge in [-0.2, -0.15) is 0 Å². The van der Waals surface area contributed by atoms with Gasteiger partial charge in [-0.05, 0) is 37.7 Å². The van der Waals surface area contributed by atoms with E-state index in [0.717, 1.165) is 6.42 Å². The molecule has 1 aliphatic rings. The van der Waals surface area contributed by atoms with E-state index >= 15 is 0 Å². The van der Waals surface area contributed by atoms with Crippen LogP contribution in [-0.4, -0.2) is 9.97 Å². The minimum absolute atomic E-state index is 0.663. The number of hydrogen-bond acceptors (Lipinski definition) is 2. The predicted molar refractivity (Wildman–Crippen MR) is 80.5 cm³/mol. The normalized spacial score (nSPS) is 15.5. The minimum Gasteiger partial charge on any atom is -0.241 e. The van der Waals surface area contributed by atoms with Gasteiger partial charge in [-0.25, -0.2) is 9.97 Å². The van der Waals surface area contributed by atoms with Crippen LogP contribution in [-0.2, 0) is 12.8 Å². The second-order valence-corrected chi connectivity index (χ2v) is 5.85. The summed E-state index contributed by atoms with van der Waals surface area (Å²) < 4.78 is 0. The molecular weight excluding hydrogens is 232 g/mol. The molecule has 0 aliphatic heterocycles. The highest BCUT2D eigenvalue weighted by Crippen LogP contribution is 2.31. The van der Waals surface area contributed by atoms with Gasteiger partial charge < -0.3 is 0 Å². The van der Waals surface area contributed by atoms with Gasteiger partial charge in [-0.3, -0.25) is 0 Å². The van der Waals surface area contributed by atoms with Gasteiger partial charge in [-0.15, -0.1) is 0 Å². The van der Waals surface area contributed by atoms with Gasteiger partial charge in [0.05, 0.1) is 5.69 Å². The Morgan fingerprint density at radius 3 is 2.68 bits per heavy atom. The first-order chi connectivity index (χ1) is 9.36. The summed E-state index contributed by atoms with van der Waals surface area (Å²) in [7, 11) is 0. The van der Waals surface area contributed by atoms with E-state index in [0.29, 0.717) is 5.92 Å². The molecule has 1 heterocycles. The molecule has 19 heavy (non-hydrogen) atoms. The zero-order chi connectivity index (χ0) is 13.5. The molecule has 0 amide bonds. The highest BCUT2D eigenvalue weighted by molar-refractivity contribution is 5.31. The molecule has 0 N–H and O–H groups in total. The first-order valence-corrected chi connectivity index (χ1v) is 8.19. The molecule has 0 fully saturated rings. The zero-order valence-corrected chi connectivity index (χ0v) is 12.6. The third-order valence-electron chi connectivity index (χ3n) is 4.44. The Kier molecular flexibility index (Phi) is 5.81. The molecule has 2 nitrogen and oxygen atoms in total. The lowest BCUT2D eigenvalue weighted by Gasteiger charge is -2.17. The number of nitrogens with zero attached hydrogens (tertiary/aromatic N) is 2. The van der Waals surface area contributed by atoms with Crippen LogP contribution in [0.5, 0.6) is 0 Å². The maximum Gasteiger partial charge on any atom is 0.115 e. The number of hydrogen-bond donors (Lipinski definition) is 0. The number of rotatable bonds is 8. The van der Waals surface area contributed by atoms with Gasteiger partial charge in [0.15, 0.2) is 0 Å². The third-order valence-corrected chi connectivity index (χ3v) is 4.44. The fourth-order valence-corrected chi connectivity index (χ4v) is 3.27. The molecule has 0 saturated carbocycles. The number of fused-ring (bicyclic) bond motifs is 1. The lowest BCUT2D eigenvalue weighted by Crippen LogP contribution is -2.06. The summed E-state index contributed by atoms with van der Waals surface area (Å²) in [4.78, 5) is 9.07. The van der Waals surface area contributed by atoms with E-state index in [1.54, 1.807) is 6.33 Å². The molecular formula is C17H28N2. The van der Waals surface area contributed by atoms with Gasteiger partial charge in [-0.1, -0.05) is 46.0 Å². The monoisotopic (exact) mass is 260 g/mol. The van der Waals surface area contributed by atoms with Crippen LogP contribution >= 0.6 is 0 Å². The van der Waals surface area contributed by atoms with E-state index < -0.39 is 0 Å². The van der Waals surface area contributed by atoms with Crippen LogP contribution in [0.2, 0.25) is 0 Å². The Bertz CT molecular complexity index is 387. The maximum absolute atomic E-state index is 4.63. The zero-order valence-electron chi connectivity index (χ0n) is 12.6. The first-order valence-electron chi connectivity index (χ1n) is 8.19. The van der Waals surface area contributed by atoms with Crippen molar-refractivity contribution in [3.63, 3.8) is 0 Å². The fourth-order valence-electron chi connectivity index (χ4n) is 3.27. The summed E-state index contributed by atoms with van der Waals surface area (Å²) in [6.45, 7) is 4.58. The standard InChI is InChI=1S/C17H28N2/c1-3-5-6-7-8-10-14(4-2)17-15-11-9-12-16(15)18-13-19-17/h13-14H,3-12H2,1-2H3. The molecule has 1 aromatic rings. The molecule has 1 unspecified atom stereocenters. The van der Waals surface area contributed by atoms with Crippen LogP contribution in [0.25, 0.3) is 0 Å². The van der Waals surface area contributed by atoms with Crippen molar-refractivity contribution in [2.24, 2.45) is 0 Å². The van der Waals surface area contributed by atoms with Crippen molar-refractivity contribution in [3.8, 4) is 0 Å². The Balaban J connectivity index is 1.92. The van der Waals surface area contributed by atoms with Gasteiger partial charge in [0.25, 0.3) is 0 Å². The van der Waals surface area contributed by atoms with E-state index in [-0.39, 0.29) is 0 Å². The summed E-state index contributed by atoms with van der Waals surface area (Å²) in [6.07, 6.45) is 14.8. The maximum atomic E-state index is 4.63. The molecule has 1 aromatic heterocycles. The second kappa shape index (κ2) is 7.62. The van der Waals surface area contributed by atoms with E-state index in [4.69, 9.17) is 0 Å². The van der Waals surface area contributed by atoms with Crippen LogP contribution in [0, 0.1) is 0 Å². The molecule has 0 saturated heterocycles. The average Bonchev–Trinajstić information content (AvgIpc) is 2.91. The Morgan fingerprint density at radius 1 is 1.05 bits per heavy atom. The van der Waals surface area contributed by atoms with Crippen LogP contribution < -0.4 is 0 Å². The highest BCUT2D eigenvalue weighted by Gasteiger charge is 2.21. The number of aromatic nitrogens is 2. The van der Waals surface area contributed by atoms with Crippen LogP contribution in [0.3, 0.4) is 0 Å². The molecule has 106 valence electrons. The quantitative estimate of drug-likeness (QED) is 0.626. The molecule has 0 bridgehead atoms. The van der Waals surface area contributed by atoms with Gasteiger partial charge in [0.1, 0.15) is 6.33 Å². The Morgan fingerprint density at radius 2 is 1.89 bits per heavy atom. The molecule has 1 aliphatic carbocycles. The van der Waals surface area contributed by atoms with Gasteiger partial charge >= 0.3 is 0 Å². The van der Waals surface area contributed by atoms with Crippen molar-refractivity contribution in [3.05, 3.63) is 23.3 Å². The van der Waals surface area contributed by atoms with Crippen molar-refractivity contribution in [2.75, 3.05) is 0 Å². The Labute approximate surface area is 118 Å². The van der Waals surface area contributed by atoms with Crippen LogP contribution in [0.1, 0.15) is 88.1 Å². The van der Waals surface area contributed by atoms with Crippen molar-refractivity contribution < 1.29 is 0 Å². The molecule has 0 spiro atoms. The van der Waals surface area contributed by atoms with E-state index in [1.807, 2.05) is 0 Å². The SMILES string of the molecule is CCCCCCCC(CC)c1ncnc2c1CCC2. The minimum atomic E-state index is 0.663. The molecule has 1 atom stereocenters. The van der Waals surface area contributed by atoms with Gasteiger partial charge in [0, 0.05) is 11.6 Å². The summed E-state index contributed by atoms with van der Waals surface area (Å²) in [5.74, 6) is 0.663. The summed E-state index contributed by atoms with van der Waals surface area (Å²) in [6, 6.07) is 0. The smallest absolute Gasteiger partial charge is 0.115 e. The van der Waals surface area contributed by atoms with Crippen molar-refractivity contribution in [1.82, 2.24) is 9.97 Å². The topological polar surface area (TPSA) is 25.8 Å². The van der Waals surface area contributed by atoms with E-state index in [1.165, 1.54) is 74.7 Å². The first kappa shape index (κ1) is 14.5. The lowest BCUT2D eigenvalue weighted by atomic mass is 9.91. The molecule has 0 radical (unpaired) electrons. The number of aryl methyl sites for hydroxylation is 1.